The molecule has 0 aliphatic carbocycles. The van der Waals surface area contributed by atoms with Crippen molar-refractivity contribution >= 4 is 51.7 Å². The number of hydrogen-bond donors (Lipinski definition) is 3. The summed E-state index contributed by atoms with van der Waals surface area (Å²) in [4.78, 5) is 29.5. The lowest BCUT2D eigenvalue weighted by Gasteiger charge is -2.11. The number of rotatable bonds is 4. The Bertz CT molecular complexity index is 936. The minimum Gasteiger partial charge on any atom is -0.395 e. The molecule has 3 heterocycles. The first-order valence-electron chi connectivity index (χ1n) is 7.13. The summed E-state index contributed by atoms with van der Waals surface area (Å²) in [5.74, 6) is -0.0195. The van der Waals surface area contributed by atoms with Gasteiger partial charge >= 0.3 is 0 Å². The lowest BCUT2D eigenvalue weighted by Crippen LogP contribution is -2.22. The SMILES string of the molecule is Cc1cccn2c(=O)c(/C=C3\SC(=S)NC3=O)c(NCCO)nc12. The van der Waals surface area contributed by atoms with Crippen molar-refractivity contribution in [1.29, 1.82) is 0 Å². The maximum absolute atomic E-state index is 12.8. The van der Waals surface area contributed by atoms with Crippen LogP contribution >= 0.6 is 24.0 Å². The summed E-state index contributed by atoms with van der Waals surface area (Å²) < 4.78 is 1.78. The van der Waals surface area contributed by atoms with Crippen LogP contribution in [0, 0.1) is 6.92 Å². The number of thiocarbonyl (C=S) groups is 1. The number of hydrogen-bond acceptors (Lipinski definition) is 7. The third-order valence-corrected chi connectivity index (χ3v) is 4.57. The number of nitrogens with one attached hydrogen (secondary N) is 2. The molecular weight excluding hydrogens is 348 g/mol. The van der Waals surface area contributed by atoms with Crippen molar-refractivity contribution in [3.63, 3.8) is 0 Å². The Hall–Kier alpha value is -2.23. The highest BCUT2D eigenvalue weighted by Crippen LogP contribution is 2.27. The van der Waals surface area contributed by atoms with E-state index >= 15 is 0 Å². The Morgan fingerprint density at radius 1 is 1.50 bits per heavy atom. The molecule has 2 aromatic rings. The molecule has 1 saturated heterocycles. The molecular formula is C15H14N4O3S2. The van der Waals surface area contributed by atoms with Gasteiger partial charge in [0.2, 0.25) is 0 Å². The van der Waals surface area contributed by atoms with E-state index in [4.69, 9.17) is 17.3 Å². The van der Waals surface area contributed by atoms with Crippen molar-refractivity contribution in [3.05, 3.63) is 44.7 Å². The number of thioether (sulfide) groups is 1. The van der Waals surface area contributed by atoms with Crippen LogP contribution in [0.5, 0.6) is 0 Å². The highest BCUT2D eigenvalue weighted by atomic mass is 32.2. The number of aryl methyl sites for hydroxylation is 1. The van der Waals surface area contributed by atoms with Crippen molar-refractivity contribution in [2.75, 3.05) is 18.5 Å². The van der Waals surface area contributed by atoms with Gasteiger partial charge in [0.1, 0.15) is 15.8 Å². The molecule has 0 spiro atoms. The molecule has 0 unspecified atom stereocenters. The van der Waals surface area contributed by atoms with Crippen LogP contribution in [0.1, 0.15) is 11.1 Å². The van der Waals surface area contributed by atoms with Crippen LogP contribution in [0.2, 0.25) is 0 Å². The number of carbonyl (C=O) groups excluding carboxylic acids is 1. The Morgan fingerprint density at radius 2 is 2.29 bits per heavy atom. The number of nitrogens with zero attached hydrogens (tertiary/aromatic N) is 2. The van der Waals surface area contributed by atoms with E-state index in [9.17, 15) is 9.59 Å². The first-order valence-corrected chi connectivity index (χ1v) is 8.35. The van der Waals surface area contributed by atoms with Crippen molar-refractivity contribution in [1.82, 2.24) is 14.7 Å². The van der Waals surface area contributed by atoms with E-state index in [0.717, 1.165) is 17.3 Å². The average molecular weight is 362 g/mol. The van der Waals surface area contributed by atoms with Crippen LogP contribution in [0.3, 0.4) is 0 Å². The molecule has 1 aliphatic rings. The van der Waals surface area contributed by atoms with Gasteiger partial charge in [-0.2, -0.15) is 0 Å². The van der Waals surface area contributed by atoms with E-state index in [1.165, 1.54) is 10.5 Å². The monoisotopic (exact) mass is 362 g/mol. The number of aliphatic hydroxyl groups is 1. The second kappa shape index (κ2) is 6.71. The van der Waals surface area contributed by atoms with Crippen LogP contribution < -0.4 is 16.2 Å². The van der Waals surface area contributed by atoms with Crippen molar-refractivity contribution < 1.29 is 9.90 Å². The third-order valence-electron chi connectivity index (χ3n) is 3.41. The largest absolute Gasteiger partial charge is 0.395 e. The van der Waals surface area contributed by atoms with Crippen molar-refractivity contribution in [2.45, 2.75) is 6.92 Å². The molecule has 0 saturated carbocycles. The molecule has 0 radical (unpaired) electrons. The van der Waals surface area contributed by atoms with Gasteiger partial charge in [-0.1, -0.05) is 30.0 Å². The van der Waals surface area contributed by atoms with Gasteiger partial charge in [-0.3, -0.25) is 14.0 Å². The zero-order valence-corrected chi connectivity index (χ0v) is 14.3. The van der Waals surface area contributed by atoms with Gasteiger partial charge in [0.15, 0.2) is 0 Å². The third kappa shape index (κ3) is 3.05. The standard InChI is InChI=1S/C15H14N4O3S2/c1-8-3-2-5-19-12(8)17-11(16-4-6-20)9(14(19)22)7-10-13(21)18-15(23)24-10/h2-3,5,7,16,20H,4,6H2,1H3,(H,18,21,23)/b10-7-. The molecule has 9 heteroatoms. The summed E-state index contributed by atoms with van der Waals surface area (Å²) in [5, 5.41) is 14.5. The van der Waals surface area contributed by atoms with E-state index in [0.29, 0.717) is 20.7 Å². The first-order chi connectivity index (χ1) is 11.5. The molecule has 1 aliphatic heterocycles. The zero-order chi connectivity index (χ0) is 17.3. The van der Waals surface area contributed by atoms with Crippen LogP contribution in [0.4, 0.5) is 5.82 Å². The predicted octanol–water partition coefficient (Wildman–Crippen LogP) is 0.896. The molecule has 24 heavy (non-hydrogen) atoms. The second-order valence-corrected chi connectivity index (χ2v) is 6.79. The summed E-state index contributed by atoms with van der Waals surface area (Å²) in [5.41, 5.74) is 1.30. The van der Waals surface area contributed by atoms with Gasteiger partial charge in [0.25, 0.3) is 11.5 Å². The fourth-order valence-electron chi connectivity index (χ4n) is 2.30. The number of carbonyl (C=O) groups is 1. The van der Waals surface area contributed by atoms with E-state index < -0.39 is 0 Å². The summed E-state index contributed by atoms with van der Waals surface area (Å²) in [6, 6.07) is 3.61. The first kappa shape index (κ1) is 16.6. The Balaban J connectivity index is 2.23. The molecule has 3 rings (SSSR count). The predicted molar refractivity (Wildman–Crippen MR) is 98.1 cm³/mol. The van der Waals surface area contributed by atoms with Crippen molar-refractivity contribution in [2.24, 2.45) is 0 Å². The topological polar surface area (TPSA) is 95.7 Å². The van der Waals surface area contributed by atoms with Gasteiger partial charge in [-0.15, -0.1) is 0 Å². The molecule has 0 atom stereocenters. The van der Waals surface area contributed by atoms with E-state index in [1.807, 2.05) is 13.0 Å². The Labute approximate surface area is 146 Å². The highest BCUT2D eigenvalue weighted by Gasteiger charge is 2.24. The fourth-order valence-corrected chi connectivity index (χ4v) is 3.33. The van der Waals surface area contributed by atoms with E-state index in [1.54, 1.807) is 12.3 Å². The molecule has 7 nitrogen and oxygen atoms in total. The quantitative estimate of drug-likeness (QED) is 0.549. The number of fused-ring (bicyclic) bond motifs is 1. The van der Waals surface area contributed by atoms with Crippen LogP contribution in [-0.2, 0) is 4.79 Å². The lowest BCUT2D eigenvalue weighted by molar-refractivity contribution is -0.115. The van der Waals surface area contributed by atoms with Crippen molar-refractivity contribution in [3.8, 4) is 0 Å². The lowest BCUT2D eigenvalue weighted by atomic mass is 10.2. The minimum atomic E-state index is -0.341. The van der Waals surface area contributed by atoms with Crippen LogP contribution in [0.15, 0.2) is 28.0 Å². The zero-order valence-electron chi connectivity index (χ0n) is 12.7. The Morgan fingerprint density at radius 3 is 2.96 bits per heavy atom. The second-order valence-electron chi connectivity index (χ2n) is 5.07. The number of amides is 1. The fraction of sp³-hybridized carbons (Fsp3) is 0.200. The van der Waals surface area contributed by atoms with E-state index in [2.05, 4.69) is 15.6 Å². The maximum atomic E-state index is 12.8. The van der Waals surface area contributed by atoms with E-state index in [-0.39, 0.29) is 30.2 Å². The molecule has 2 aromatic heterocycles. The van der Waals surface area contributed by atoms with Gasteiger partial charge in [0, 0.05) is 12.7 Å². The number of aromatic nitrogens is 2. The smallest absolute Gasteiger partial charge is 0.267 e. The van der Waals surface area contributed by atoms with Crippen LogP contribution in [0.25, 0.3) is 11.7 Å². The van der Waals surface area contributed by atoms with Gasteiger partial charge < -0.3 is 15.7 Å². The summed E-state index contributed by atoms with van der Waals surface area (Å²) in [6.07, 6.45) is 3.10. The summed E-state index contributed by atoms with van der Waals surface area (Å²) in [7, 11) is 0. The molecule has 1 amide bonds. The van der Waals surface area contributed by atoms with Gasteiger partial charge in [-0.25, -0.2) is 4.98 Å². The number of pyridine rings is 1. The Kier molecular flexibility index (Phi) is 4.65. The minimum absolute atomic E-state index is 0.107. The molecule has 0 bridgehead atoms. The number of anilines is 1. The molecule has 124 valence electrons. The summed E-state index contributed by atoms with van der Waals surface area (Å²) in [6.45, 7) is 1.99. The highest BCUT2D eigenvalue weighted by molar-refractivity contribution is 8.26. The summed E-state index contributed by atoms with van der Waals surface area (Å²) >= 11 is 6.06. The number of aliphatic hydroxyl groups excluding tert-OH is 1. The molecule has 0 aromatic carbocycles. The van der Waals surface area contributed by atoms with Gasteiger partial charge in [-0.05, 0) is 24.6 Å². The average Bonchev–Trinajstić information content (AvgIpc) is 2.87. The van der Waals surface area contributed by atoms with Gasteiger partial charge in [0.05, 0.1) is 17.1 Å². The maximum Gasteiger partial charge on any atom is 0.267 e. The molecule has 3 N–H and O–H groups in total. The molecule has 1 fully saturated rings. The normalized spacial score (nSPS) is 16.0. The van der Waals surface area contributed by atoms with Crippen LogP contribution in [-0.4, -0.2) is 37.9 Å².